The van der Waals surface area contributed by atoms with E-state index in [2.05, 4.69) is 13.2 Å². The third-order valence-electron chi connectivity index (χ3n) is 3.00. The first-order chi connectivity index (χ1) is 9.07. The zero-order valence-corrected chi connectivity index (χ0v) is 11.5. The van der Waals surface area contributed by atoms with Crippen LogP contribution in [0, 0.1) is 0 Å². The molecule has 0 amide bonds. The lowest BCUT2D eigenvalue weighted by Crippen LogP contribution is -2.33. The molecule has 0 N–H and O–H groups in total. The molecule has 2 aliphatic heterocycles. The largest absolute Gasteiger partial charge is 0.375 e. The number of fused-ring (bicyclic) bond motifs is 1. The van der Waals surface area contributed by atoms with E-state index in [1.54, 1.807) is 12.2 Å². The first kappa shape index (κ1) is 14.7. The van der Waals surface area contributed by atoms with E-state index in [-0.39, 0.29) is 18.3 Å². The summed E-state index contributed by atoms with van der Waals surface area (Å²) < 4.78 is 28.5. The lowest BCUT2D eigenvalue weighted by Gasteiger charge is -2.23. The van der Waals surface area contributed by atoms with Gasteiger partial charge in [0, 0.05) is 0 Å². The zero-order valence-electron chi connectivity index (χ0n) is 11.5. The van der Waals surface area contributed by atoms with Crippen LogP contribution in [0.5, 0.6) is 0 Å². The predicted molar refractivity (Wildman–Crippen MR) is 69.7 cm³/mol. The third kappa shape index (κ3) is 3.43. The minimum absolute atomic E-state index is 0.172. The van der Waals surface area contributed by atoms with E-state index in [0.717, 1.165) is 0 Å². The molecule has 108 valence electrons. The monoisotopic (exact) mass is 270 g/mol. The van der Waals surface area contributed by atoms with E-state index in [9.17, 15) is 0 Å². The second kappa shape index (κ2) is 6.15. The number of rotatable bonds is 7. The summed E-state index contributed by atoms with van der Waals surface area (Å²) in [5, 5.41) is 0. The summed E-state index contributed by atoms with van der Waals surface area (Å²) in [5.41, 5.74) is 0. The van der Waals surface area contributed by atoms with Crippen molar-refractivity contribution in [1.29, 1.82) is 0 Å². The van der Waals surface area contributed by atoms with Gasteiger partial charge in [0.15, 0.2) is 12.1 Å². The molecule has 5 nitrogen and oxygen atoms in total. The van der Waals surface area contributed by atoms with Crippen LogP contribution in [0.25, 0.3) is 0 Å². The van der Waals surface area contributed by atoms with E-state index >= 15 is 0 Å². The fourth-order valence-electron chi connectivity index (χ4n) is 2.34. The van der Waals surface area contributed by atoms with E-state index in [1.165, 1.54) is 0 Å². The normalized spacial score (nSPS) is 36.1. The summed E-state index contributed by atoms with van der Waals surface area (Å²) in [4.78, 5) is 0. The Hall–Kier alpha value is -0.720. The lowest BCUT2D eigenvalue weighted by molar-refractivity contribution is -0.235. The Labute approximate surface area is 114 Å². The molecule has 0 spiro atoms. The van der Waals surface area contributed by atoms with Crippen molar-refractivity contribution in [2.24, 2.45) is 0 Å². The van der Waals surface area contributed by atoms with Crippen LogP contribution >= 0.6 is 0 Å². The summed E-state index contributed by atoms with van der Waals surface area (Å²) in [6.07, 6.45) is 2.35. The van der Waals surface area contributed by atoms with Crippen molar-refractivity contribution in [2.75, 3.05) is 19.8 Å². The number of hydrogen-bond acceptors (Lipinski definition) is 5. The van der Waals surface area contributed by atoms with Gasteiger partial charge in [-0.2, -0.15) is 0 Å². The standard InChI is InChI=1S/C14H22O5/c1-5-7-15-9-10-11-12(19-14(3,4)18-11)13(17-10)16-8-6-2/h5-6,10-13H,1-2,7-9H2,3-4H3/t10-,11-,12-,13-/m1/s1. The quantitative estimate of drug-likeness (QED) is 0.520. The molecule has 0 bridgehead atoms. The fourth-order valence-corrected chi connectivity index (χ4v) is 2.34. The molecule has 19 heavy (non-hydrogen) atoms. The van der Waals surface area contributed by atoms with Crippen molar-refractivity contribution in [2.45, 2.75) is 44.2 Å². The van der Waals surface area contributed by atoms with Gasteiger partial charge in [0.05, 0.1) is 19.8 Å². The average Bonchev–Trinajstić information content (AvgIpc) is 2.82. The van der Waals surface area contributed by atoms with Gasteiger partial charge >= 0.3 is 0 Å². The molecule has 0 radical (unpaired) electrons. The highest BCUT2D eigenvalue weighted by molar-refractivity contribution is 4.95. The molecule has 0 saturated carbocycles. The van der Waals surface area contributed by atoms with E-state index in [4.69, 9.17) is 23.7 Å². The summed E-state index contributed by atoms with van der Waals surface area (Å²) in [5.74, 6) is -0.619. The first-order valence-corrected chi connectivity index (χ1v) is 6.49. The van der Waals surface area contributed by atoms with Crippen LogP contribution in [0.3, 0.4) is 0 Å². The molecule has 5 heteroatoms. The minimum Gasteiger partial charge on any atom is -0.375 e. The second-order valence-electron chi connectivity index (χ2n) is 5.06. The molecule has 0 aliphatic carbocycles. The van der Waals surface area contributed by atoms with Gasteiger partial charge in [0.25, 0.3) is 0 Å². The van der Waals surface area contributed by atoms with Gasteiger partial charge in [-0.15, -0.1) is 13.2 Å². The molecule has 2 aliphatic rings. The number of hydrogen-bond donors (Lipinski definition) is 0. The molecule has 4 atom stereocenters. The van der Waals surface area contributed by atoms with Gasteiger partial charge in [-0.3, -0.25) is 0 Å². The molecule has 0 unspecified atom stereocenters. The van der Waals surface area contributed by atoms with E-state index < -0.39 is 12.1 Å². The molecule has 0 aromatic rings. The Morgan fingerprint density at radius 2 is 1.79 bits per heavy atom. The lowest BCUT2D eigenvalue weighted by atomic mass is 10.1. The van der Waals surface area contributed by atoms with Gasteiger partial charge in [0.1, 0.15) is 18.3 Å². The second-order valence-corrected chi connectivity index (χ2v) is 5.06. The minimum atomic E-state index is -0.619. The van der Waals surface area contributed by atoms with Crippen molar-refractivity contribution < 1.29 is 23.7 Å². The smallest absolute Gasteiger partial charge is 0.187 e. The van der Waals surface area contributed by atoms with E-state index in [1.807, 2.05) is 13.8 Å². The average molecular weight is 270 g/mol. The molecule has 2 saturated heterocycles. The van der Waals surface area contributed by atoms with Crippen molar-refractivity contribution in [3.63, 3.8) is 0 Å². The van der Waals surface area contributed by atoms with E-state index in [0.29, 0.717) is 19.8 Å². The molecule has 2 fully saturated rings. The topological polar surface area (TPSA) is 46.2 Å². The summed E-state index contributed by atoms with van der Waals surface area (Å²) >= 11 is 0. The molecule has 2 heterocycles. The molecule has 0 aromatic heterocycles. The van der Waals surface area contributed by atoms with Crippen LogP contribution in [0.1, 0.15) is 13.8 Å². The van der Waals surface area contributed by atoms with Crippen molar-refractivity contribution in [3.8, 4) is 0 Å². The van der Waals surface area contributed by atoms with Gasteiger partial charge in [-0.25, -0.2) is 0 Å². The third-order valence-corrected chi connectivity index (χ3v) is 3.00. The number of ether oxygens (including phenoxy) is 5. The van der Waals surface area contributed by atoms with Crippen LogP contribution in [-0.4, -0.2) is 50.2 Å². The Morgan fingerprint density at radius 3 is 2.47 bits per heavy atom. The molecule has 2 rings (SSSR count). The Bertz CT molecular complexity index is 328. The first-order valence-electron chi connectivity index (χ1n) is 6.49. The Kier molecular flexibility index (Phi) is 4.76. The molecular weight excluding hydrogens is 248 g/mol. The molecular formula is C14H22O5. The highest BCUT2D eigenvalue weighted by Crippen LogP contribution is 2.39. The summed E-state index contributed by atoms with van der Waals surface area (Å²) in [7, 11) is 0. The Balaban J connectivity index is 1.97. The van der Waals surface area contributed by atoms with Crippen molar-refractivity contribution in [3.05, 3.63) is 25.3 Å². The van der Waals surface area contributed by atoms with Gasteiger partial charge < -0.3 is 23.7 Å². The predicted octanol–water partition coefficient (Wildman–Crippen LogP) is 1.64. The highest BCUT2D eigenvalue weighted by atomic mass is 16.8. The zero-order chi connectivity index (χ0) is 13.9. The summed E-state index contributed by atoms with van der Waals surface area (Å²) in [6.45, 7) is 12.3. The highest BCUT2D eigenvalue weighted by Gasteiger charge is 2.55. The van der Waals surface area contributed by atoms with Crippen LogP contribution in [0.15, 0.2) is 25.3 Å². The van der Waals surface area contributed by atoms with Gasteiger partial charge in [-0.1, -0.05) is 12.2 Å². The Morgan fingerprint density at radius 1 is 1.11 bits per heavy atom. The maximum atomic E-state index is 5.87. The van der Waals surface area contributed by atoms with Gasteiger partial charge in [-0.05, 0) is 13.8 Å². The van der Waals surface area contributed by atoms with Crippen molar-refractivity contribution in [1.82, 2.24) is 0 Å². The summed E-state index contributed by atoms with van der Waals surface area (Å²) in [6, 6.07) is 0. The fraction of sp³-hybridized carbons (Fsp3) is 0.714. The maximum Gasteiger partial charge on any atom is 0.187 e. The SMILES string of the molecule is C=CCOC[C@H]1O[C@@H](OCC=C)[C@@H]2OC(C)(C)O[C@@H]21. The van der Waals surface area contributed by atoms with Gasteiger partial charge in [0.2, 0.25) is 0 Å². The van der Waals surface area contributed by atoms with Crippen molar-refractivity contribution >= 4 is 0 Å². The van der Waals surface area contributed by atoms with Crippen LogP contribution < -0.4 is 0 Å². The van der Waals surface area contributed by atoms with Crippen LogP contribution in [-0.2, 0) is 23.7 Å². The van der Waals surface area contributed by atoms with Crippen LogP contribution in [0.4, 0.5) is 0 Å². The maximum absolute atomic E-state index is 5.87. The molecule has 0 aromatic carbocycles. The van der Waals surface area contributed by atoms with Crippen LogP contribution in [0.2, 0.25) is 0 Å².